The first-order valence-corrected chi connectivity index (χ1v) is 13.9. The third kappa shape index (κ3) is 3.97. The van der Waals surface area contributed by atoms with E-state index < -0.39 is 76.7 Å². The summed E-state index contributed by atoms with van der Waals surface area (Å²) in [4.78, 5) is 26.3. The molecular weight excluding hydrogens is 524 g/mol. The average Bonchev–Trinajstić information content (AvgIpc) is 3.81. The van der Waals surface area contributed by atoms with Gasteiger partial charge in [0.1, 0.15) is 36.1 Å². The van der Waals surface area contributed by atoms with Crippen LogP contribution in [-0.4, -0.2) is 107 Å². The van der Waals surface area contributed by atoms with Crippen LogP contribution in [0.15, 0.2) is 36.0 Å². The van der Waals surface area contributed by atoms with Gasteiger partial charge < -0.3 is 43.7 Å². The lowest BCUT2D eigenvalue weighted by Crippen LogP contribution is -2.68. The molecule has 0 aromatic rings. The first-order valence-electron chi connectivity index (χ1n) is 13.9. The second-order valence-electron chi connectivity index (χ2n) is 12.5. The number of epoxide rings is 2. The first-order chi connectivity index (χ1) is 18.9. The topological polar surface area (TPSA) is 157 Å². The molecule has 0 radical (unpaired) electrons. The Kier molecular flexibility index (Phi) is 6.62. The highest BCUT2D eigenvalue weighted by atomic mass is 16.7. The number of hydrogen-bond donors (Lipinski definition) is 3. The first kappa shape index (κ1) is 28.0. The number of carbonyl (C=O) groups excluding carboxylic acids is 2. The largest absolute Gasteiger partial charge is 0.463 e. The van der Waals surface area contributed by atoms with Gasteiger partial charge in [-0.15, -0.1) is 0 Å². The van der Waals surface area contributed by atoms with Crippen molar-refractivity contribution >= 4 is 11.9 Å². The maximum absolute atomic E-state index is 13.3. The van der Waals surface area contributed by atoms with Crippen LogP contribution in [0.3, 0.4) is 0 Å². The SMILES string of the molecule is CC1=C[C@H]2O[C@@H]3C[C@H]4OC(=O)/C=C\C=C\[C@H]([C@@H](C)O)OC[C@H](O)[C@@]5(C)O[C@@H]5C(=O)OC[C@]2(C[C@H]1O)[C@]4(C)[C@]31CO1. The Labute approximate surface area is 232 Å². The van der Waals surface area contributed by atoms with Gasteiger partial charge in [0.2, 0.25) is 0 Å². The Morgan fingerprint density at radius 2 is 1.85 bits per heavy atom. The van der Waals surface area contributed by atoms with E-state index in [-0.39, 0.29) is 25.7 Å². The standard InChI is InChI=1S/C29H38O11/c1-15-9-21-28(11-17(15)31)13-36-25(34)24-26(3,40-24)19(32)12-35-18(16(2)30)7-5-6-8-23(33)39-20-10-22(38-21)29(14-37-29)27(20,28)4/h5-9,16-22,24,30-32H,10-14H2,1-4H3/b7-5+,8-6-/t16-,17-,18-,19+,20-,21-,22-,24-,26-,27-,28+,29+/m1/s1. The predicted molar refractivity (Wildman–Crippen MR) is 137 cm³/mol. The monoisotopic (exact) mass is 562 g/mol. The molecule has 6 rings (SSSR count). The number of esters is 2. The van der Waals surface area contributed by atoms with Crippen LogP contribution in [0.1, 0.15) is 40.5 Å². The molecule has 0 aromatic carbocycles. The maximum Gasteiger partial charge on any atom is 0.338 e. The van der Waals surface area contributed by atoms with Crippen molar-refractivity contribution in [2.24, 2.45) is 10.8 Å². The van der Waals surface area contributed by atoms with E-state index in [1.165, 1.54) is 12.2 Å². The fraction of sp³-hybridized carbons (Fsp3) is 0.724. The summed E-state index contributed by atoms with van der Waals surface area (Å²) in [7, 11) is 0. The summed E-state index contributed by atoms with van der Waals surface area (Å²) in [6.45, 7) is 7.03. The highest BCUT2D eigenvalue weighted by molar-refractivity contribution is 5.82. The Balaban J connectivity index is 1.38. The highest BCUT2D eigenvalue weighted by Crippen LogP contribution is 2.72. The fourth-order valence-electron chi connectivity index (χ4n) is 7.38. The van der Waals surface area contributed by atoms with Gasteiger partial charge in [0.15, 0.2) is 6.10 Å². The van der Waals surface area contributed by atoms with E-state index >= 15 is 0 Å². The zero-order valence-corrected chi connectivity index (χ0v) is 23.1. The van der Waals surface area contributed by atoms with Gasteiger partial charge in [-0.05, 0) is 32.8 Å². The van der Waals surface area contributed by atoms with Gasteiger partial charge in [-0.3, -0.25) is 0 Å². The molecule has 11 heteroatoms. The lowest BCUT2D eigenvalue weighted by atomic mass is 9.51. The summed E-state index contributed by atoms with van der Waals surface area (Å²) < 4.78 is 35.9. The van der Waals surface area contributed by atoms with Gasteiger partial charge in [-0.1, -0.05) is 31.2 Å². The number of cyclic esters (lactones) is 1. The van der Waals surface area contributed by atoms with Crippen molar-refractivity contribution in [3.05, 3.63) is 36.0 Å². The van der Waals surface area contributed by atoms with Crippen molar-refractivity contribution in [2.75, 3.05) is 19.8 Å². The molecule has 2 aliphatic carbocycles. The molecule has 4 fully saturated rings. The third-order valence-corrected chi connectivity index (χ3v) is 10.3. The van der Waals surface area contributed by atoms with Crippen molar-refractivity contribution in [3.8, 4) is 0 Å². The lowest BCUT2D eigenvalue weighted by molar-refractivity contribution is -0.239. The number of fused-ring (bicyclic) bond motifs is 1. The smallest absolute Gasteiger partial charge is 0.338 e. The number of hydrogen-bond acceptors (Lipinski definition) is 11. The lowest BCUT2D eigenvalue weighted by Gasteiger charge is -2.58. The minimum atomic E-state index is -1.22. The maximum atomic E-state index is 13.3. The molecule has 4 aliphatic heterocycles. The minimum Gasteiger partial charge on any atom is -0.463 e. The third-order valence-electron chi connectivity index (χ3n) is 10.3. The second-order valence-corrected chi connectivity index (χ2v) is 12.5. The summed E-state index contributed by atoms with van der Waals surface area (Å²) in [5, 5.41) is 31.9. The zero-order chi connectivity index (χ0) is 28.7. The molecular formula is C29H38O11. The minimum absolute atomic E-state index is 0.134. The number of aliphatic hydroxyl groups excluding tert-OH is 3. The second kappa shape index (κ2) is 9.45. The Bertz CT molecular complexity index is 1160. The van der Waals surface area contributed by atoms with Crippen LogP contribution in [0, 0.1) is 10.8 Å². The Morgan fingerprint density at radius 1 is 1.10 bits per heavy atom. The van der Waals surface area contributed by atoms with Crippen molar-refractivity contribution in [1.29, 1.82) is 0 Å². The van der Waals surface area contributed by atoms with Gasteiger partial charge in [-0.2, -0.15) is 0 Å². The molecule has 11 nitrogen and oxygen atoms in total. The number of carbonyl (C=O) groups is 2. The molecule has 40 heavy (non-hydrogen) atoms. The van der Waals surface area contributed by atoms with Gasteiger partial charge in [0, 0.05) is 17.9 Å². The van der Waals surface area contributed by atoms with E-state index in [0.717, 1.165) is 5.57 Å². The van der Waals surface area contributed by atoms with Crippen LogP contribution in [0.5, 0.6) is 0 Å². The van der Waals surface area contributed by atoms with E-state index in [9.17, 15) is 24.9 Å². The van der Waals surface area contributed by atoms with E-state index in [1.807, 2.05) is 19.9 Å². The molecule has 0 aromatic heterocycles. The summed E-state index contributed by atoms with van der Waals surface area (Å²) in [5.41, 5.74) is -3.03. The zero-order valence-electron chi connectivity index (χ0n) is 23.1. The molecule has 220 valence electrons. The summed E-state index contributed by atoms with van der Waals surface area (Å²) >= 11 is 0. The van der Waals surface area contributed by atoms with E-state index in [0.29, 0.717) is 13.0 Å². The van der Waals surface area contributed by atoms with Crippen LogP contribution >= 0.6 is 0 Å². The average molecular weight is 563 g/mol. The molecule has 3 N–H and O–H groups in total. The van der Waals surface area contributed by atoms with Crippen LogP contribution in [-0.2, 0) is 38.0 Å². The summed E-state index contributed by atoms with van der Waals surface area (Å²) in [5.74, 6) is -1.23. The molecule has 3 saturated heterocycles. The number of allylic oxidation sites excluding steroid dienone is 2. The summed E-state index contributed by atoms with van der Waals surface area (Å²) in [6, 6.07) is 0. The van der Waals surface area contributed by atoms with E-state index in [4.69, 9.17) is 28.4 Å². The molecule has 12 atom stereocenters. The molecule has 0 amide bonds. The Hall–Kier alpha value is -2.12. The van der Waals surface area contributed by atoms with Gasteiger partial charge in [0.05, 0.1) is 43.0 Å². The van der Waals surface area contributed by atoms with Gasteiger partial charge in [-0.25, -0.2) is 9.59 Å². The molecule has 4 heterocycles. The van der Waals surface area contributed by atoms with Crippen LogP contribution in [0.2, 0.25) is 0 Å². The van der Waals surface area contributed by atoms with E-state index in [1.54, 1.807) is 26.0 Å². The fourth-order valence-corrected chi connectivity index (χ4v) is 7.38. The van der Waals surface area contributed by atoms with Crippen LogP contribution < -0.4 is 0 Å². The molecule has 2 spiro atoms. The van der Waals surface area contributed by atoms with Crippen molar-refractivity contribution in [3.63, 3.8) is 0 Å². The van der Waals surface area contributed by atoms with Crippen LogP contribution in [0.25, 0.3) is 0 Å². The van der Waals surface area contributed by atoms with E-state index in [2.05, 4.69) is 0 Å². The van der Waals surface area contributed by atoms with Crippen molar-refractivity contribution in [1.82, 2.24) is 0 Å². The summed E-state index contributed by atoms with van der Waals surface area (Å²) in [6.07, 6.45) is 2.24. The van der Waals surface area contributed by atoms with Crippen LogP contribution in [0.4, 0.5) is 0 Å². The van der Waals surface area contributed by atoms with Gasteiger partial charge in [0.25, 0.3) is 0 Å². The Morgan fingerprint density at radius 3 is 2.55 bits per heavy atom. The predicted octanol–water partition coefficient (Wildman–Crippen LogP) is 0.496. The normalized spacial score (nSPS) is 52.6. The molecule has 1 saturated carbocycles. The van der Waals surface area contributed by atoms with Crippen molar-refractivity contribution in [2.45, 2.75) is 101 Å². The number of aliphatic hydroxyl groups is 3. The molecule has 6 aliphatic rings. The molecule has 0 unspecified atom stereocenters. The quantitative estimate of drug-likeness (QED) is 0.232. The van der Waals surface area contributed by atoms with Gasteiger partial charge >= 0.3 is 11.9 Å². The highest BCUT2D eigenvalue weighted by Gasteiger charge is 2.83. The number of ether oxygens (including phenoxy) is 6. The number of rotatable bonds is 1. The molecule has 2 bridgehead atoms. The van der Waals surface area contributed by atoms with Crippen molar-refractivity contribution < 1.29 is 53.3 Å².